The zero-order chi connectivity index (χ0) is 45.5. The molecule has 0 amide bonds. The van der Waals surface area contributed by atoms with Crippen molar-refractivity contribution in [3.05, 3.63) is 283 Å². The second-order valence-electron chi connectivity index (χ2n) is 18.3. The summed E-state index contributed by atoms with van der Waals surface area (Å²) in [6.45, 7) is 0. The molecule has 0 radical (unpaired) electrons. The number of anilines is 3. The van der Waals surface area contributed by atoms with E-state index in [0.717, 1.165) is 56.4 Å². The Labute approximate surface area is 402 Å². The molecule has 322 valence electrons. The largest absolute Gasteiger partial charge is 0.456 e. The van der Waals surface area contributed by atoms with Gasteiger partial charge in [-0.3, -0.25) is 0 Å². The lowest BCUT2D eigenvalue weighted by atomic mass is 9.66. The molecule has 1 spiro atoms. The quantitative estimate of drug-likeness (QED) is 0.171. The van der Waals surface area contributed by atoms with Crippen LogP contribution in [-0.2, 0) is 5.41 Å². The van der Waals surface area contributed by atoms with Crippen LogP contribution in [0.15, 0.2) is 261 Å². The van der Waals surface area contributed by atoms with Gasteiger partial charge in [0.1, 0.15) is 11.5 Å². The van der Waals surface area contributed by atoms with Gasteiger partial charge in [-0.1, -0.05) is 206 Å². The first-order chi connectivity index (χ1) is 34.2. The fourth-order valence-electron chi connectivity index (χ4n) is 11.7. The van der Waals surface area contributed by atoms with Crippen molar-refractivity contribution >= 4 is 17.1 Å². The number of benzene rings is 11. The first kappa shape index (κ1) is 39.2. The van der Waals surface area contributed by atoms with Crippen molar-refractivity contribution in [2.24, 2.45) is 0 Å². The number of hydrogen-bond donors (Lipinski definition) is 0. The Bertz CT molecular complexity index is 3740. The van der Waals surface area contributed by atoms with Gasteiger partial charge in [0.2, 0.25) is 0 Å². The van der Waals surface area contributed by atoms with E-state index >= 15 is 0 Å². The van der Waals surface area contributed by atoms with Crippen molar-refractivity contribution in [2.45, 2.75) is 5.41 Å². The van der Waals surface area contributed by atoms with Gasteiger partial charge in [0.15, 0.2) is 0 Å². The van der Waals surface area contributed by atoms with Gasteiger partial charge in [-0.05, 0) is 144 Å². The minimum atomic E-state index is -0.501. The molecule has 0 aromatic heterocycles. The monoisotopic (exact) mass is 877 g/mol. The highest BCUT2D eigenvalue weighted by atomic mass is 16.5. The molecule has 0 unspecified atom stereocenters. The highest BCUT2D eigenvalue weighted by Crippen LogP contribution is 2.62. The molecule has 14 rings (SSSR count). The maximum absolute atomic E-state index is 6.69. The van der Waals surface area contributed by atoms with Gasteiger partial charge in [0, 0.05) is 28.2 Å². The number of rotatable bonds is 5. The summed E-state index contributed by atoms with van der Waals surface area (Å²) in [5.74, 6) is 1.70. The van der Waals surface area contributed by atoms with Crippen molar-refractivity contribution < 1.29 is 4.74 Å². The molecule has 3 aliphatic rings. The van der Waals surface area contributed by atoms with Crippen molar-refractivity contribution in [3.63, 3.8) is 0 Å². The molecule has 0 saturated heterocycles. The first-order valence-corrected chi connectivity index (χ1v) is 23.8. The Kier molecular flexibility index (Phi) is 8.84. The van der Waals surface area contributed by atoms with E-state index in [1.54, 1.807) is 0 Å². The van der Waals surface area contributed by atoms with E-state index in [0.29, 0.717) is 0 Å². The topological polar surface area (TPSA) is 12.5 Å². The van der Waals surface area contributed by atoms with Gasteiger partial charge < -0.3 is 9.64 Å². The predicted octanol–water partition coefficient (Wildman–Crippen LogP) is 17.9. The lowest BCUT2D eigenvalue weighted by Crippen LogP contribution is -2.29. The molecule has 0 saturated carbocycles. The summed E-state index contributed by atoms with van der Waals surface area (Å²) in [7, 11) is 0. The molecule has 11 aromatic rings. The molecule has 2 nitrogen and oxygen atoms in total. The summed E-state index contributed by atoms with van der Waals surface area (Å²) in [5.41, 5.74) is 24.8. The maximum Gasteiger partial charge on any atom is 0.135 e. The second kappa shape index (κ2) is 15.6. The molecule has 0 N–H and O–H groups in total. The minimum Gasteiger partial charge on any atom is -0.456 e. The van der Waals surface area contributed by atoms with Gasteiger partial charge in [0.25, 0.3) is 0 Å². The summed E-state index contributed by atoms with van der Waals surface area (Å²) < 4.78 is 6.69. The summed E-state index contributed by atoms with van der Waals surface area (Å²) in [5, 5.41) is 0. The van der Waals surface area contributed by atoms with Gasteiger partial charge in [-0.2, -0.15) is 0 Å². The fourth-order valence-corrected chi connectivity index (χ4v) is 11.7. The third-order valence-electron chi connectivity index (χ3n) is 14.7. The van der Waals surface area contributed by atoms with Gasteiger partial charge >= 0.3 is 0 Å². The third kappa shape index (κ3) is 5.99. The average molecular weight is 878 g/mol. The molecule has 2 aliphatic carbocycles. The van der Waals surface area contributed by atoms with Crippen LogP contribution < -0.4 is 9.64 Å². The van der Waals surface area contributed by atoms with Crippen LogP contribution in [0.5, 0.6) is 11.5 Å². The van der Waals surface area contributed by atoms with Gasteiger partial charge in [-0.25, -0.2) is 0 Å². The summed E-state index contributed by atoms with van der Waals surface area (Å²) >= 11 is 0. The van der Waals surface area contributed by atoms with E-state index in [-0.39, 0.29) is 0 Å². The number of hydrogen-bond acceptors (Lipinski definition) is 2. The van der Waals surface area contributed by atoms with Gasteiger partial charge in [0.05, 0.1) is 5.41 Å². The van der Waals surface area contributed by atoms with E-state index in [9.17, 15) is 0 Å². The number of para-hydroxylation sites is 1. The Balaban J connectivity index is 0.902. The van der Waals surface area contributed by atoms with Crippen LogP contribution in [0.4, 0.5) is 17.1 Å². The second-order valence-corrected chi connectivity index (χ2v) is 18.3. The third-order valence-corrected chi connectivity index (χ3v) is 14.7. The zero-order valence-corrected chi connectivity index (χ0v) is 37.7. The normalized spacial score (nSPS) is 12.9. The number of nitrogens with zero attached hydrogens (tertiary/aromatic N) is 1. The van der Waals surface area contributed by atoms with Crippen LogP contribution in [0, 0.1) is 0 Å². The molecule has 0 fully saturated rings. The van der Waals surface area contributed by atoms with Crippen LogP contribution >= 0.6 is 0 Å². The Morgan fingerprint density at radius 3 is 1.19 bits per heavy atom. The summed E-state index contributed by atoms with van der Waals surface area (Å²) in [6, 6.07) is 95.5. The number of ether oxygens (including phenoxy) is 1. The lowest BCUT2D eigenvalue weighted by molar-refractivity contribution is 0.488. The van der Waals surface area contributed by atoms with Crippen molar-refractivity contribution in [3.8, 4) is 89.4 Å². The Hall–Kier alpha value is -8.98. The molecule has 2 heteroatoms. The average Bonchev–Trinajstić information content (AvgIpc) is 3.56. The molecule has 0 atom stereocenters. The molecular weight excluding hydrogens is 835 g/mol. The summed E-state index contributed by atoms with van der Waals surface area (Å²) in [6.07, 6.45) is 0. The van der Waals surface area contributed by atoms with Crippen molar-refractivity contribution in [1.82, 2.24) is 0 Å². The number of fused-ring (bicyclic) bond motifs is 17. The standard InChI is InChI=1S/C67H43NO/c1-2-16-44(17-3-1)45-30-35-48(36-31-45)68(50-39-41-66-60(43-50)54-21-7-6-20-53(54)58-25-11-15-29-65(58)69-66)49-37-32-46(33-38-49)47-34-40-64-59(42-47)57-24-10-14-28-63(57)67(64)61-26-12-8-22-55(61)51-18-4-5-19-52(51)56-23-9-13-27-62(56)67/h1-43H. The molecule has 69 heavy (non-hydrogen) atoms. The van der Waals surface area contributed by atoms with Crippen LogP contribution in [0.3, 0.4) is 0 Å². The van der Waals surface area contributed by atoms with Crippen LogP contribution in [0.25, 0.3) is 77.9 Å². The van der Waals surface area contributed by atoms with E-state index < -0.39 is 5.41 Å². The van der Waals surface area contributed by atoms with Crippen LogP contribution in [-0.4, -0.2) is 0 Å². The molecule has 1 aliphatic heterocycles. The van der Waals surface area contributed by atoms with E-state index in [1.165, 1.54) is 72.3 Å². The van der Waals surface area contributed by atoms with Crippen LogP contribution in [0.2, 0.25) is 0 Å². The maximum atomic E-state index is 6.69. The fraction of sp³-hybridized carbons (Fsp3) is 0.0149. The zero-order valence-electron chi connectivity index (χ0n) is 37.7. The summed E-state index contributed by atoms with van der Waals surface area (Å²) in [4.78, 5) is 2.36. The smallest absolute Gasteiger partial charge is 0.135 e. The predicted molar refractivity (Wildman–Crippen MR) is 285 cm³/mol. The van der Waals surface area contributed by atoms with E-state index in [4.69, 9.17) is 4.74 Å². The molecule has 1 heterocycles. The molecule has 0 bridgehead atoms. The molecular formula is C67H43NO. The highest BCUT2D eigenvalue weighted by molar-refractivity contribution is 5.98. The van der Waals surface area contributed by atoms with Crippen molar-refractivity contribution in [1.29, 1.82) is 0 Å². The van der Waals surface area contributed by atoms with E-state index in [2.05, 4.69) is 260 Å². The Morgan fingerprint density at radius 2 is 0.609 bits per heavy atom. The molecule has 11 aromatic carbocycles. The first-order valence-electron chi connectivity index (χ1n) is 23.8. The van der Waals surface area contributed by atoms with E-state index in [1.807, 2.05) is 6.07 Å². The minimum absolute atomic E-state index is 0.501. The Morgan fingerprint density at radius 1 is 0.232 bits per heavy atom. The SMILES string of the molecule is c1ccc(-c2ccc(N(c3ccc(-c4ccc5c(c4)-c4ccccc4C54c5ccccc5-c5ccccc5-c5ccccc54)cc3)c3ccc4c(c3)-c3ccccc3-c3ccccc3O4)cc2)cc1. The van der Waals surface area contributed by atoms with Gasteiger partial charge in [-0.15, -0.1) is 0 Å². The highest BCUT2D eigenvalue weighted by Gasteiger charge is 2.49. The van der Waals surface area contributed by atoms with Crippen LogP contribution in [0.1, 0.15) is 22.3 Å². The van der Waals surface area contributed by atoms with Crippen molar-refractivity contribution in [2.75, 3.05) is 4.90 Å². The lowest BCUT2D eigenvalue weighted by Gasteiger charge is -2.35.